The summed E-state index contributed by atoms with van der Waals surface area (Å²) in [6.07, 6.45) is 25.2. The van der Waals surface area contributed by atoms with Crippen LogP contribution in [0.5, 0.6) is 0 Å². The van der Waals surface area contributed by atoms with Crippen molar-refractivity contribution in [3.63, 3.8) is 0 Å². The SMILES string of the molecule is CCCCCCC1CCC(c2ccc(C(SC(c3ccc(C)cc3)c3ccc(C4CCC(CCCCCC)CC4)cc3)c3ccc(C)cc3)cc2)CC1. The van der Waals surface area contributed by atoms with Gasteiger partial charge in [0.2, 0.25) is 0 Å². The number of benzene rings is 4. The lowest BCUT2D eigenvalue weighted by Crippen LogP contribution is -2.13. The Morgan fingerprint density at radius 3 is 1.06 bits per heavy atom. The molecular weight excluding hydrogens is 657 g/mol. The van der Waals surface area contributed by atoms with E-state index in [2.05, 4.69) is 137 Å². The van der Waals surface area contributed by atoms with Gasteiger partial charge in [-0.1, -0.05) is 186 Å². The van der Waals surface area contributed by atoms with Crippen LogP contribution in [-0.2, 0) is 0 Å². The van der Waals surface area contributed by atoms with Crippen molar-refractivity contribution in [1.29, 1.82) is 0 Å². The number of unbranched alkanes of at least 4 members (excludes halogenated alkanes) is 6. The fourth-order valence-electron chi connectivity index (χ4n) is 9.49. The van der Waals surface area contributed by atoms with Crippen molar-refractivity contribution >= 4 is 11.8 Å². The van der Waals surface area contributed by atoms with E-state index < -0.39 is 0 Å². The molecule has 2 aliphatic rings. The molecule has 0 aliphatic heterocycles. The van der Waals surface area contributed by atoms with Gasteiger partial charge < -0.3 is 0 Å². The lowest BCUT2D eigenvalue weighted by molar-refractivity contribution is 0.302. The largest absolute Gasteiger partial charge is 0.136 e. The Bertz CT molecular complexity index is 1460. The first kappa shape index (κ1) is 39.9. The van der Waals surface area contributed by atoms with E-state index in [-0.39, 0.29) is 10.5 Å². The van der Waals surface area contributed by atoms with Crippen LogP contribution in [0.1, 0.15) is 196 Å². The molecule has 2 aliphatic carbocycles. The van der Waals surface area contributed by atoms with E-state index in [0.29, 0.717) is 0 Å². The highest BCUT2D eigenvalue weighted by molar-refractivity contribution is 8.00. The minimum Gasteiger partial charge on any atom is -0.136 e. The molecule has 0 amide bonds. The van der Waals surface area contributed by atoms with E-state index in [4.69, 9.17) is 0 Å². The Morgan fingerprint density at radius 1 is 0.415 bits per heavy atom. The first-order chi connectivity index (χ1) is 26.0. The molecule has 53 heavy (non-hydrogen) atoms. The summed E-state index contributed by atoms with van der Waals surface area (Å²) >= 11 is 2.12. The van der Waals surface area contributed by atoms with E-state index in [1.807, 2.05) is 0 Å². The molecule has 0 nitrogen and oxygen atoms in total. The van der Waals surface area contributed by atoms with Crippen molar-refractivity contribution in [3.8, 4) is 0 Å². The van der Waals surface area contributed by atoms with Crippen molar-refractivity contribution < 1.29 is 0 Å². The van der Waals surface area contributed by atoms with Crippen molar-refractivity contribution in [2.24, 2.45) is 11.8 Å². The topological polar surface area (TPSA) is 0 Å². The van der Waals surface area contributed by atoms with Crippen LogP contribution in [0.15, 0.2) is 97.1 Å². The Labute approximate surface area is 329 Å². The second-order valence-electron chi connectivity index (χ2n) is 17.2. The van der Waals surface area contributed by atoms with Gasteiger partial charge in [-0.3, -0.25) is 0 Å². The Balaban J connectivity index is 1.18. The van der Waals surface area contributed by atoms with Gasteiger partial charge in [0.05, 0.1) is 10.5 Å². The number of aryl methyl sites for hydroxylation is 2. The van der Waals surface area contributed by atoms with Crippen LogP contribution >= 0.6 is 11.8 Å². The van der Waals surface area contributed by atoms with E-state index in [9.17, 15) is 0 Å². The molecule has 4 aromatic rings. The van der Waals surface area contributed by atoms with Crippen molar-refractivity contribution in [2.45, 2.75) is 166 Å². The Morgan fingerprint density at radius 2 is 0.736 bits per heavy atom. The van der Waals surface area contributed by atoms with Gasteiger partial charge >= 0.3 is 0 Å². The van der Waals surface area contributed by atoms with Crippen LogP contribution in [0.3, 0.4) is 0 Å². The third kappa shape index (κ3) is 11.6. The highest BCUT2D eigenvalue weighted by atomic mass is 32.2. The van der Waals surface area contributed by atoms with Gasteiger partial charge in [0.15, 0.2) is 0 Å². The highest BCUT2D eigenvalue weighted by Crippen LogP contribution is 2.49. The predicted molar refractivity (Wildman–Crippen MR) is 233 cm³/mol. The normalized spacial score (nSPS) is 21.7. The van der Waals surface area contributed by atoms with Crippen LogP contribution in [0.4, 0.5) is 0 Å². The van der Waals surface area contributed by atoms with Crippen LogP contribution < -0.4 is 0 Å². The number of rotatable bonds is 18. The van der Waals surface area contributed by atoms with Gasteiger partial charge in [-0.2, -0.15) is 0 Å². The highest BCUT2D eigenvalue weighted by Gasteiger charge is 2.27. The quantitative estimate of drug-likeness (QED) is 0.0920. The van der Waals surface area contributed by atoms with Crippen LogP contribution in [0.25, 0.3) is 0 Å². The molecule has 0 N–H and O–H groups in total. The molecule has 0 spiro atoms. The molecule has 2 fully saturated rings. The fraction of sp³-hybridized carbons (Fsp3) is 0.538. The summed E-state index contributed by atoms with van der Waals surface area (Å²) in [5.74, 6) is 3.36. The van der Waals surface area contributed by atoms with Gasteiger partial charge in [0, 0.05) is 0 Å². The minimum atomic E-state index is 0.252. The fourth-order valence-corrected chi connectivity index (χ4v) is 11.0. The van der Waals surface area contributed by atoms with Gasteiger partial charge in [-0.05, 0) is 122 Å². The molecule has 2 atom stereocenters. The molecule has 0 heterocycles. The average Bonchev–Trinajstić information content (AvgIpc) is 3.20. The smallest absolute Gasteiger partial charge is 0.0556 e. The summed E-state index contributed by atoms with van der Waals surface area (Å²) in [7, 11) is 0. The molecular formula is C52H70S. The zero-order chi connectivity index (χ0) is 36.8. The third-order valence-corrected chi connectivity index (χ3v) is 14.7. The van der Waals surface area contributed by atoms with Gasteiger partial charge in [0.1, 0.15) is 0 Å². The number of hydrogen-bond acceptors (Lipinski definition) is 1. The summed E-state index contributed by atoms with van der Waals surface area (Å²) in [5, 5.41) is 0.504. The zero-order valence-corrected chi connectivity index (χ0v) is 34.7. The number of thioether (sulfide) groups is 1. The van der Waals surface area contributed by atoms with Crippen LogP contribution in [0, 0.1) is 25.7 Å². The van der Waals surface area contributed by atoms with Crippen molar-refractivity contribution in [1.82, 2.24) is 0 Å². The maximum absolute atomic E-state index is 2.49. The molecule has 0 radical (unpaired) electrons. The molecule has 284 valence electrons. The first-order valence-corrected chi connectivity index (χ1v) is 22.9. The summed E-state index contributed by atoms with van der Waals surface area (Å²) in [5.41, 5.74) is 11.4. The summed E-state index contributed by atoms with van der Waals surface area (Å²) in [6.45, 7) is 9.05. The molecule has 0 bridgehead atoms. The molecule has 6 rings (SSSR count). The Kier molecular flexibility index (Phi) is 15.6. The second-order valence-corrected chi connectivity index (χ2v) is 18.4. The zero-order valence-electron chi connectivity index (χ0n) is 33.8. The van der Waals surface area contributed by atoms with Crippen LogP contribution in [-0.4, -0.2) is 0 Å². The van der Waals surface area contributed by atoms with Gasteiger partial charge in [-0.25, -0.2) is 0 Å². The van der Waals surface area contributed by atoms with E-state index >= 15 is 0 Å². The lowest BCUT2D eigenvalue weighted by Gasteiger charge is -2.30. The number of hydrogen-bond donors (Lipinski definition) is 0. The second kappa shape index (κ2) is 20.8. The third-order valence-electron chi connectivity index (χ3n) is 13.1. The minimum absolute atomic E-state index is 0.252. The molecule has 4 aromatic carbocycles. The standard InChI is InChI=1S/C52H70S/c1-5-7-9-11-13-41-19-27-43(28-20-41)45-31-35-49(36-32-45)51(47-23-15-39(3)16-24-47)53-52(48-25-17-40(4)18-26-48)50-37-33-46(34-38-50)44-29-21-42(22-30-44)14-12-10-8-6-2/h15-18,23-26,31-38,41-44,51-52H,5-14,19-22,27-30H2,1-4H3. The Hall–Kier alpha value is -2.77. The summed E-state index contributed by atoms with van der Waals surface area (Å²) < 4.78 is 0. The van der Waals surface area contributed by atoms with E-state index in [1.54, 1.807) is 11.1 Å². The summed E-state index contributed by atoms with van der Waals surface area (Å²) in [6, 6.07) is 38.5. The van der Waals surface area contributed by atoms with E-state index in [0.717, 1.165) is 23.7 Å². The monoisotopic (exact) mass is 727 g/mol. The van der Waals surface area contributed by atoms with Gasteiger partial charge in [0.25, 0.3) is 0 Å². The van der Waals surface area contributed by atoms with Crippen LogP contribution in [0.2, 0.25) is 0 Å². The molecule has 0 saturated heterocycles. The van der Waals surface area contributed by atoms with Crippen molar-refractivity contribution in [3.05, 3.63) is 142 Å². The van der Waals surface area contributed by atoms with Gasteiger partial charge in [-0.15, -0.1) is 11.8 Å². The molecule has 0 aromatic heterocycles. The summed E-state index contributed by atoms with van der Waals surface area (Å²) in [4.78, 5) is 0. The lowest BCUT2D eigenvalue weighted by atomic mass is 9.77. The predicted octanol–water partition coefficient (Wildman–Crippen LogP) is 16.4. The average molecular weight is 727 g/mol. The maximum Gasteiger partial charge on any atom is 0.0556 e. The molecule has 2 unspecified atom stereocenters. The molecule has 2 saturated carbocycles. The maximum atomic E-state index is 2.49. The van der Waals surface area contributed by atoms with Crippen molar-refractivity contribution in [2.75, 3.05) is 0 Å². The molecule has 1 heteroatoms. The van der Waals surface area contributed by atoms with E-state index in [1.165, 1.54) is 149 Å². The first-order valence-electron chi connectivity index (χ1n) is 22.0.